The van der Waals surface area contributed by atoms with Crippen LogP contribution < -0.4 is 5.32 Å². The van der Waals surface area contributed by atoms with Crippen molar-refractivity contribution in [2.75, 3.05) is 5.32 Å². The lowest BCUT2D eigenvalue weighted by molar-refractivity contribution is -0.167. The van der Waals surface area contributed by atoms with E-state index in [9.17, 15) is 18.0 Å². The van der Waals surface area contributed by atoms with Crippen molar-refractivity contribution in [1.82, 2.24) is 4.98 Å². The lowest BCUT2D eigenvalue weighted by Crippen LogP contribution is -2.30. The Morgan fingerprint density at radius 2 is 2.06 bits per heavy atom. The summed E-state index contributed by atoms with van der Waals surface area (Å²) >= 11 is 5.91. The van der Waals surface area contributed by atoms with Gasteiger partial charge in [-0.15, -0.1) is 0 Å². The maximum atomic E-state index is 12.2. The lowest BCUT2D eigenvalue weighted by Gasteiger charge is -2.09. The number of carbonyl (C=O) groups is 1. The molecule has 2 rings (SSSR count). The third kappa shape index (κ3) is 2.15. The minimum absolute atomic E-state index is 0.0461. The van der Waals surface area contributed by atoms with E-state index in [4.69, 9.17) is 11.6 Å². The van der Waals surface area contributed by atoms with Crippen LogP contribution >= 0.6 is 11.6 Å². The molecule has 1 aromatic heterocycles. The number of hydrogen-bond donors (Lipinski definition) is 2. The minimum atomic E-state index is -4.92. The Labute approximate surface area is 105 Å². The van der Waals surface area contributed by atoms with E-state index in [0.717, 1.165) is 5.56 Å². The van der Waals surface area contributed by atoms with Crippen molar-refractivity contribution >= 4 is 34.1 Å². The van der Waals surface area contributed by atoms with Gasteiger partial charge in [-0.2, -0.15) is 13.2 Å². The zero-order chi connectivity index (χ0) is 13.5. The fraction of sp³-hybridized carbons (Fsp3) is 0.182. The molecular formula is C11H8ClF3N2O. The predicted octanol–water partition coefficient (Wildman–Crippen LogP) is 3.63. The molecule has 1 aromatic carbocycles. The number of benzene rings is 1. The predicted molar refractivity (Wildman–Crippen MR) is 62.7 cm³/mol. The van der Waals surface area contributed by atoms with Crippen LogP contribution in [0.3, 0.4) is 0 Å². The van der Waals surface area contributed by atoms with Gasteiger partial charge in [0.25, 0.3) is 0 Å². The van der Waals surface area contributed by atoms with Crippen LogP contribution in [-0.4, -0.2) is 17.1 Å². The molecule has 96 valence electrons. The second-order valence-electron chi connectivity index (χ2n) is 3.77. The van der Waals surface area contributed by atoms with Crippen molar-refractivity contribution in [3.8, 4) is 0 Å². The van der Waals surface area contributed by atoms with Crippen LogP contribution in [0.5, 0.6) is 0 Å². The summed E-state index contributed by atoms with van der Waals surface area (Å²) in [5.41, 5.74) is 1.23. The largest absolute Gasteiger partial charge is 0.471 e. The molecular weight excluding hydrogens is 269 g/mol. The Balaban J connectivity index is 2.47. The molecule has 3 nitrogen and oxygen atoms in total. The molecule has 0 aliphatic heterocycles. The highest BCUT2D eigenvalue weighted by molar-refractivity contribution is 6.36. The molecule has 7 heteroatoms. The van der Waals surface area contributed by atoms with E-state index < -0.39 is 12.1 Å². The second kappa shape index (κ2) is 4.20. The van der Waals surface area contributed by atoms with E-state index in [1.165, 1.54) is 12.3 Å². The summed E-state index contributed by atoms with van der Waals surface area (Å²) in [6.07, 6.45) is -3.46. The number of aromatic nitrogens is 1. The van der Waals surface area contributed by atoms with Crippen LogP contribution in [0.2, 0.25) is 5.02 Å². The number of halogens is 4. The number of rotatable bonds is 1. The summed E-state index contributed by atoms with van der Waals surface area (Å²) in [5, 5.41) is 2.80. The van der Waals surface area contributed by atoms with E-state index in [1.54, 1.807) is 13.0 Å². The van der Waals surface area contributed by atoms with Crippen molar-refractivity contribution in [2.24, 2.45) is 0 Å². The van der Waals surface area contributed by atoms with Crippen LogP contribution in [0, 0.1) is 6.92 Å². The van der Waals surface area contributed by atoms with Gasteiger partial charge in [-0.05, 0) is 18.6 Å². The number of H-pyrrole nitrogens is 1. The van der Waals surface area contributed by atoms with Crippen LogP contribution in [-0.2, 0) is 4.79 Å². The van der Waals surface area contributed by atoms with Crippen molar-refractivity contribution in [3.05, 3.63) is 28.9 Å². The first-order chi connectivity index (χ1) is 8.30. The van der Waals surface area contributed by atoms with Crippen molar-refractivity contribution in [1.29, 1.82) is 0 Å². The second-order valence-corrected chi connectivity index (χ2v) is 4.18. The molecule has 0 fully saturated rings. The molecule has 0 aliphatic carbocycles. The van der Waals surface area contributed by atoms with Gasteiger partial charge in [0.1, 0.15) is 0 Å². The summed E-state index contributed by atoms with van der Waals surface area (Å²) in [4.78, 5) is 13.6. The highest BCUT2D eigenvalue weighted by Gasteiger charge is 2.39. The third-order valence-corrected chi connectivity index (χ3v) is 2.80. The molecule has 0 saturated heterocycles. The van der Waals surface area contributed by atoms with Gasteiger partial charge >= 0.3 is 12.1 Å². The van der Waals surface area contributed by atoms with Crippen molar-refractivity contribution in [2.45, 2.75) is 13.1 Å². The fourth-order valence-electron chi connectivity index (χ4n) is 1.67. The highest BCUT2D eigenvalue weighted by atomic mass is 35.5. The van der Waals surface area contributed by atoms with Crippen LogP contribution in [0.15, 0.2) is 18.3 Å². The first-order valence-corrected chi connectivity index (χ1v) is 5.33. The molecule has 0 atom stereocenters. The fourth-order valence-corrected chi connectivity index (χ4v) is 1.97. The molecule has 18 heavy (non-hydrogen) atoms. The molecule has 2 N–H and O–H groups in total. The normalized spacial score (nSPS) is 11.8. The molecule has 2 aromatic rings. The highest BCUT2D eigenvalue weighted by Crippen LogP contribution is 2.32. The van der Waals surface area contributed by atoms with Gasteiger partial charge in [0.05, 0.1) is 16.2 Å². The molecule has 1 amide bonds. The van der Waals surface area contributed by atoms with Gasteiger partial charge in [0.15, 0.2) is 0 Å². The number of alkyl halides is 3. The number of amides is 1. The molecule has 0 bridgehead atoms. The van der Waals surface area contributed by atoms with Gasteiger partial charge in [0, 0.05) is 11.6 Å². The van der Waals surface area contributed by atoms with Gasteiger partial charge in [-0.1, -0.05) is 17.7 Å². The van der Waals surface area contributed by atoms with E-state index >= 15 is 0 Å². The first-order valence-electron chi connectivity index (χ1n) is 4.95. The Kier molecular flexibility index (Phi) is 2.98. The Bertz CT molecular complexity index is 619. The molecule has 0 spiro atoms. The quantitative estimate of drug-likeness (QED) is 0.821. The Morgan fingerprint density at radius 1 is 1.39 bits per heavy atom. The zero-order valence-electron chi connectivity index (χ0n) is 9.15. The lowest BCUT2D eigenvalue weighted by atomic mass is 10.1. The van der Waals surface area contributed by atoms with E-state index in [1.807, 2.05) is 5.32 Å². The van der Waals surface area contributed by atoms with Crippen LogP contribution in [0.25, 0.3) is 10.9 Å². The number of nitrogens with one attached hydrogen (secondary N) is 2. The maximum absolute atomic E-state index is 12.2. The number of aryl methyl sites for hydroxylation is 1. The van der Waals surface area contributed by atoms with Gasteiger partial charge < -0.3 is 10.3 Å². The number of carbonyl (C=O) groups excluding carboxylic acids is 1. The summed E-state index contributed by atoms with van der Waals surface area (Å²) in [6.45, 7) is 1.78. The number of fused-ring (bicyclic) bond motifs is 1. The third-order valence-electron chi connectivity index (χ3n) is 2.50. The standard InChI is InChI=1S/C11H8ClF3N2O/c1-5-2-3-7(17-10(18)11(13,14)15)9-8(5)6(12)4-16-9/h2-4,16H,1H3,(H,17,18). The molecule has 0 unspecified atom stereocenters. The van der Waals surface area contributed by atoms with E-state index in [-0.39, 0.29) is 5.69 Å². The molecule has 1 heterocycles. The maximum Gasteiger partial charge on any atom is 0.471 e. The Hall–Kier alpha value is -1.69. The first kappa shape index (κ1) is 12.8. The Morgan fingerprint density at radius 3 is 2.67 bits per heavy atom. The van der Waals surface area contributed by atoms with Crippen molar-refractivity contribution in [3.63, 3.8) is 0 Å². The molecule has 0 aliphatic rings. The topological polar surface area (TPSA) is 44.9 Å². The number of hydrogen-bond acceptors (Lipinski definition) is 1. The van der Waals surface area contributed by atoms with E-state index in [0.29, 0.717) is 15.9 Å². The zero-order valence-corrected chi connectivity index (χ0v) is 9.91. The summed E-state index contributed by atoms with van der Waals surface area (Å²) in [5.74, 6) is -2.02. The molecule has 0 saturated carbocycles. The van der Waals surface area contributed by atoms with Gasteiger partial charge in [-0.25, -0.2) is 0 Å². The van der Waals surface area contributed by atoms with Gasteiger partial charge in [0.2, 0.25) is 0 Å². The summed E-state index contributed by atoms with van der Waals surface area (Å²) in [7, 11) is 0. The molecule has 0 radical (unpaired) electrons. The number of anilines is 1. The monoisotopic (exact) mass is 276 g/mol. The average molecular weight is 277 g/mol. The number of aromatic amines is 1. The van der Waals surface area contributed by atoms with Gasteiger partial charge in [-0.3, -0.25) is 4.79 Å². The SMILES string of the molecule is Cc1ccc(NC(=O)C(F)(F)F)c2[nH]cc(Cl)c12. The average Bonchev–Trinajstić information content (AvgIpc) is 2.64. The van der Waals surface area contributed by atoms with Crippen molar-refractivity contribution < 1.29 is 18.0 Å². The van der Waals surface area contributed by atoms with Crippen LogP contribution in [0.4, 0.5) is 18.9 Å². The summed E-state index contributed by atoms with van der Waals surface area (Å²) in [6, 6.07) is 2.99. The summed E-state index contributed by atoms with van der Waals surface area (Å²) < 4.78 is 36.5. The smallest absolute Gasteiger partial charge is 0.358 e. The minimum Gasteiger partial charge on any atom is -0.358 e. The van der Waals surface area contributed by atoms with Crippen LogP contribution in [0.1, 0.15) is 5.56 Å². The van der Waals surface area contributed by atoms with E-state index in [2.05, 4.69) is 4.98 Å².